The first kappa shape index (κ1) is 14.1. The van der Waals surface area contributed by atoms with Gasteiger partial charge in [-0.05, 0) is 18.4 Å². The molecule has 1 aromatic rings. The minimum Gasteiger partial charge on any atom is -0.495 e. The number of para-hydroxylation sites is 2. The van der Waals surface area contributed by atoms with Gasteiger partial charge in [-0.2, -0.15) is 11.8 Å². The van der Waals surface area contributed by atoms with E-state index in [0.717, 1.165) is 37.6 Å². The molecule has 1 heterocycles. The molecular weight excluding hydrogens is 260 g/mol. The first-order valence-corrected chi connectivity index (χ1v) is 7.80. The van der Waals surface area contributed by atoms with Crippen molar-refractivity contribution in [3.05, 3.63) is 24.3 Å². The number of carbonyl (C=O) groups is 1. The normalized spacial score (nSPS) is 15.5. The lowest BCUT2D eigenvalue weighted by Crippen LogP contribution is -2.49. The van der Waals surface area contributed by atoms with Crippen molar-refractivity contribution in [2.75, 3.05) is 50.2 Å². The highest BCUT2D eigenvalue weighted by atomic mass is 32.2. The standard InChI is InChI=1S/C14H20N2O2S/c1-18-13-6-4-3-5-12(13)15-7-9-16(10-8-15)14(17)11-19-2/h3-6H,7-11H2,1-2H3. The number of thioether (sulfide) groups is 1. The maximum Gasteiger partial charge on any atom is 0.232 e. The van der Waals surface area contributed by atoms with E-state index in [1.165, 1.54) is 0 Å². The molecule has 0 atom stereocenters. The molecule has 1 aliphatic heterocycles. The maximum absolute atomic E-state index is 11.8. The summed E-state index contributed by atoms with van der Waals surface area (Å²) in [4.78, 5) is 16.1. The smallest absolute Gasteiger partial charge is 0.232 e. The quantitative estimate of drug-likeness (QED) is 0.840. The van der Waals surface area contributed by atoms with E-state index in [1.807, 2.05) is 29.4 Å². The molecule has 1 saturated heterocycles. The summed E-state index contributed by atoms with van der Waals surface area (Å²) in [6.45, 7) is 3.30. The van der Waals surface area contributed by atoms with Gasteiger partial charge in [-0.3, -0.25) is 4.79 Å². The van der Waals surface area contributed by atoms with Crippen molar-refractivity contribution < 1.29 is 9.53 Å². The summed E-state index contributed by atoms with van der Waals surface area (Å²) in [6, 6.07) is 8.03. The van der Waals surface area contributed by atoms with Gasteiger partial charge in [0.1, 0.15) is 5.75 Å². The summed E-state index contributed by atoms with van der Waals surface area (Å²) in [7, 11) is 1.69. The van der Waals surface area contributed by atoms with Crippen molar-refractivity contribution in [1.29, 1.82) is 0 Å². The van der Waals surface area contributed by atoms with Crippen LogP contribution in [0.15, 0.2) is 24.3 Å². The van der Waals surface area contributed by atoms with Gasteiger partial charge in [-0.1, -0.05) is 12.1 Å². The number of methoxy groups -OCH3 is 1. The molecule has 1 fully saturated rings. The molecule has 0 aliphatic carbocycles. The summed E-state index contributed by atoms with van der Waals surface area (Å²) in [5.74, 6) is 1.72. The van der Waals surface area contributed by atoms with Crippen LogP contribution in [0, 0.1) is 0 Å². The van der Waals surface area contributed by atoms with Crippen LogP contribution in [-0.4, -0.2) is 56.1 Å². The predicted molar refractivity (Wildman–Crippen MR) is 80.2 cm³/mol. The number of amides is 1. The van der Waals surface area contributed by atoms with E-state index in [4.69, 9.17) is 4.74 Å². The number of hydrogen-bond donors (Lipinski definition) is 0. The van der Waals surface area contributed by atoms with Crippen LogP contribution < -0.4 is 9.64 Å². The molecule has 0 radical (unpaired) electrons. The number of benzene rings is 1. The number of hydrogen-bond acceptors (Lipinski definition) is 4. The van der Waals surface area contributed by atoms with Gasteiger partial charge < -0.3 is 14.5 Å². The lowest BCUT2D eigenvalue weighted by atomic mass is 10.2. The molecule has 1 aliphatic rings. The minimum atomic E-state index is 0.243. The number of carbonyl (C=O) groups excluding carboxylic acids is 1. The molecule has 0 bridgehead atoms. The fraction of sp³-hybridized carbons (Fsp3) is 0.500. The summed E-state index contributed by atoms with van der Waals surface area (Å²) < 4.78 is 5.39. The maximum atomic E-state index is 11.8. The zero-order valence-corrected chi connectivity index (χ0v) is 12.3. The number of piperazine rings is 1. The van der Waals surface area contributed by atoms with Gasteiger partial charge >= 0.3 is 0 Å². The second-order valence-electron chi connectivity index (χ2n) is 4.47. The van der Waals surface area contributed by atoms with E-state index in [9.17, 15) is 4.79 Å². The summed E-state index contributed by atoms with van der Waals surface area (Å²) in [5, 5.41) is 0. The van der Waals surface area contributed by atoms with Crippen LogP contribution in [0.4, 0.5) is 5.69 Å². The van der Waals surface area contributed by atoms with E-state index < -0.39 is 0 Å². The average Bonchev–Trinajstić information content (AvgIpc) is 2.47. The molecule has 104 valence electrons. The first-order chi connectivity index (χ1) is 9.26. The molecule has 0 unspecified atom stereocenters. The van der Waals surface area contributed by atoms with Crippen LogP contribution in [0.2, 0.25) is 0 Å². The third kappa shape index (κ3) is 3.35. The zero-order valence-electron chi connectivity index (χ0n) is 11.5. The third-order valence-corrected chi connectivity index (χ3v) is 3.86. The number of rotatable bonds is 4. The monoisotopic (exact) mass is 280 g/mol. The zero-order chi connectivity index (χ0) is 13.7. The lowest BCUT2D eigenvalue weighted by molar-refractivity contribution is -0.128. The van der Waals surface area contributed by atoms with E-state index in [-0.39, 0.29) is 5.91 Å². The highest BCUT2D eigenvalue weighted by molar-refractivity contribution is 7.99. The molecule has 19 heavy (non-hydrogen) atoms. The van der Waals surface area contributed by atoms with Crippen molar-refractivity contribution in [1.82, 2.24) is 4.90 Å². The number of ether oxygens (including phenoxy) is 1. The Morgan fingerprint density at radius 1 is 1.26 bits per heavy atom. The Morgan fingerprint density at radius 3 is 2.58 bits per heavy atom. The van der Waals surface area contributed by atoms with Crippen molar-refractivity contribution in [2.45, 2.75) is 0 Å². The van der Waals surface area contributed by atoms with Crippen LogP contribution >= 0.6 is 11.8 Å². The fourth-order valence-electron chi connectivity index (χ4n) is 2.30. The largest absolute Gasteiger partial charge is 0.495 e. The Bertz CT molecular complexity index is 431. The molecule has 0 spiro atoms. The van der Waals surface area contributed by atoms with Crippen LogP contribution in [0.3, 0.4) is 0 Å². The molecular formula is C14H20N2O2S. The fourth-order valence-corrected chi connectivity index (χ4v) is 2.73. The molecule has 0 aromatic heterocycles. The van der Waals surface area contributed by atoms with Gasteiger partial charge in [0.2, 0.25) is 5.91 Å². The summed E-state index contributed by atoms with van der Waals surface area (Å²) >= 11 is 1.58. The Balaban J connectivity index is 1.98. The van der Waals surface area contributed by atoms with Crippen molar-refractivity contribution >= 4 is 23.4 Å². The Kier molecular flexibility index (Phi) is 4.96. The summed E-state index contributed by atoms with van der Waals surface area (Å²) in [5.41, 5.74) is 1.11. The second kappa shape index (κ2) is 6.70. The SMILES string of the molecule is COc1ccccc1N1CCN(C(=O)CSC)CC1. The molecule has 1 aromatic carbocycles. The van der Waals surface area contributed by atoms with Gasteiger partial charge in [0, 0.05) is 26.2 Å². The topological polar surface area (TPSA) is 32.8 Å². The highest BCUT2D eigenvalue weighted by Gasteiger charge is 2.22. The Morgan fingerprint density at radius 2 is 1.95 bits per heavy atom. The lowest BCUT2D eigenvalue weighted by Gasteiger charge is -2.36. The van der Waals surface area contributed by atoms with Gasteiger partial charge in [-0.15, -0.1) is 0 Å². The van der Waals surface area contributed by atoms with Gasteiger partial charge in [-0.25, -0.2) is 0 Å². The van der Waals surface area contributed by atoms with E-state index in [2.05, 4.69) is 11.0 Å². The average molecular weight is 280 g/mol. The van der Waals surface area contributed by atoms with Crippen LogP contribution in [0.5, 0.6) is 5.75 Å². The number of anilines is 1. The molecule has 1 amide bonds. The van der Waals surface area contributed by atoms with Gasteiger partial charge in [0.25, 0.3) is 0 Å². The van der Waals surface area contributed by atoms with Crippen LogP contribution in [0.25, 0.3) is 0 Å². The predicted octanol–water partition coefficient (Wildman–Crippen LogP) is 1.71. The van der Waals surface area contributed by atoms with Crippen LogP contribution in [0.1, 0.15) is 0 Å². The van der Waals surface area contributed by atoms with Crippen molar-refractivity contribution in [3.8, 4) is 5.75 Å². The number of nitrogens with zero attached hydrogens (tertiary/aromatic N) is 2. The minimum absolute atomic E-state index is 0.243. The van der Waals surface area contributed by atoms with Gasteiger partial charge in [0.15, 0.2) is 0 Å². The van der Waals surface area contributed by atoms with E-state index in [1.54, 1.807) is 18.9 Å². The second-order valence-corrected chi connectivity index (χ2v) is 5.34. The van der Waals surface area contributed by atoms with Crippen molar-refractivity contribution in [2.24, 2.45) is 0 Å². The Hall–Kier alpha value is -1.36. The Labute approximate surface area is 118 Å². The van der Waals surface area contributed by atoms with E-state index >= 15 is 0 Å². The molecule has 2 rings (SSSR count). The highest BCUT2D eigenvalue weighted by Crippen LogP contribution is 2.28. The molecule has 5 heteroatoms. The molecule has 4 nitrogen and oxygen atoms in total. The van der Waals surface area contributed by atoms with Crippen molar-refractivity contribution in [3.63, 3.8) is 0 Å². The van der Waals surface area contributed by atoms with Gasteiger partial charge in [0.05, 0.1) is 18.6 Å². The first-order valence-electron chi connectivity index (χ1n) is 6.41. The van der Waals surface area contributed by atoms with E-state index in [0.29, 0.717) is 5.75 Å². The summed E-state index contributed by atoms with van der Waals surface area (Å²) in [6.07, 6.45) is 1.96. The third-order valence-electron chi connectivity index (χ3n) is 3.33. The molecule has 0 N–H and O–H groups in total. The van der Waals surface area contributed by atoms with Crippen LogP contribution in [-0.2, 0) is 4.79 Å². The molecule has 0 saturated carbocycles.